The molecule has 0 aromatic carbocycles. The largest absolute Gasteiger partial charge is 0.477 e. The molecule has 5 heterocycles. The second kappa shape index (κ2) is 8.75. The van der Waals surface area contributed by atoms with Crippen LogP contribution in [0.15, 0.2) is 42.3 Å². The van der Waals surface area contributed by atoms with E-state index in [0.29, 0.717) is 23.2 Å². The highest BCUT2D eigenvalue weighted by atomic mass is 32.1. The van der Waals surface area contributed by atoms with Gasteiger partial charge in [0.05, 0.1) is 23.8 Å². The Morgan fingerprint density at radius 1 is 1.12 bits per heavy atom. The first-order valence-corrected chi connectivity index (χ1v) is 11.6. The fourth-order valence-corrected chi connectivity index (χ4v) is 4.67. The van der Waals surface area contributed by atoms with Crippen LogP contribution < -0.4 is 10.2 Å². The average molecular weight is 465 g/mol. The molecule has 1 fully saturated rings. The van der Waals surface area contributed by atoms with Crippen LogP contribution in [0, 0.1) is 0 Å². The topological polar surface area (TPSA) is 112 Å². The Morgan fingerprint density at radius 2 is 1.94 bits per heavy atom. The van der Waals surface area contributed by atoms with Gasteiger partial charge < -0.3 is 15.3 Å². The number of carboxylic acid groups (broad SMARTS) is 1. The normalized spacial score (nSPS) is 14.8. The monoisotopic (exact) mass is 464 g/mol. The van der Waals surface area contributed by atoms with Crippen molar-refractivity contribution >= 4 is 40.3 Å². The summed E-state index contributed by atoms with van der Waals surface area (Å²) in [6.45, 7) is 8.47. The van der Waals surface area contributed by atoms with Gasteiger partial charge in [0.15, 0.2) is 11.5 Å². The predicted molar refractivity (Wildman–Crippen MR) is 127 cm³/mol. The minimum Gasteiger partial charge on any atom is -0.477 e. The summed E-state index contributed by atoms with van der Waals surface area (Å²) in [4.78, 5) is 29.8. The SMILES string of the molecule is CC(C)N1CCN(c2ccc(Nc3ncc(-c4csc(C(=O)O)c4)n4ncnc34)cn2)CC1. The van der Waals surface area contributed by atoms with Crippen molar-refractivity contribution in [1.29, 1.82) is 0 Å². The number of thiophene rings is 1. The lowest BCUT2D eigenvalue weighted by atomic mass is 10.2. The summed E-state index contributed by atoms with van der Waals surface area (Å²) in [6, 6.07) is 6.18. The highest BCUT2D eigenvalue weighted by Crippen LogP contribution is 2.28. The Bertz CT molecular complexity index is 1280. The molecule has 0 bridgehead atoms. The molecule has 1 aliphatic heterocycles. The van der Waals surface area contributed by atoms with Gasteiger partial charge in [-0.3, -0.25) is 4.90 Å². The molecule has 11 heteroatoms. The first-order chi connectivity index (χ1) is 16.0. The quantitative estimate of drug-likeness (QED) is 0.444. The first-order valence-electron chi connectivity index (χ1n) is 10.7. The number of carbonyl (C=O) groups is 1. The second-order valence-corrected chi connectivity index (χ2v) is 9.05. The minimum atomic E-state index is -0.954. The fraction of sp³-hybridized carbons (Fsp3) is 0.318. The van der Waals surface area contributed by atoms with Crippen LogP contribution in [0.1, 0.15) is 23.5 Å². The van der Waals surface area contributed by atoms with Gasteiger partial charge in [0, 0.05) is 43.2 Å². The molecule has 0 spiro atoms. The molecule has 0 aliphatic carbocycles. The summed E-state index contributed by atoms with van der Waals surface area (Å²) in [7, 11) is 0. The standard InChI is InChI=1S/C22H24N8O2S/c1-14(2)28-5-7-29(8-6-28)19-4-3-16(10-23-19)27-20-21-25-13-26-30(21)17(11-24-20)15-9-18(22(31)32)33-12-15/h3-4,9-14H,5-8H2,1-2H3,(H,24,27)(H,31,32). The van der Waals surface area contributed by atoms with Crippen molar-refractivity contribution in [1.82, 2.24) is 29.5 Å². The molecule has 0 amide bonds. The van der Waals surface area contributed by atoms with Gasteiger partial charge in [-0.2, -0.15) is 5.10 Å². The summed E-state index contributed by atoms with van der Waals surface area (Å²) in [5.41, 5.74) is 2.75. The molecule has 33 heavy (non-hydrogen) atoms. The van der Waals surface area contributed by atoms with Crippen LogP contribution in [0.3, 0.4) is 0 Å². The minimum absolute atomic E-state index is 0.261. The van der Waals surface area contributed by atoms with E-state index in [-0.39, 0.29) is 4.88 Å². The maximum atomic E-state index is 11.2. The van der Waals surface area contributed by atoms with E-state index in [1.165, 1.54) is 17.7 Å². The number of hydrogen-bond donors (Lipinski definition) is 2. The molecule has 0 radical (unpaired) electrons. The molecule has 0 unspecified atom stereocenters. The molecule has 0 saturated carbocycles. The molecule has 1 saturated heterocycles. The van der Waals surface area contributed by atoms with E-state index in [9.17, 15) is 9.90 Å². The van der Waals surface area contributed by atoms with Crippen molar-refractivity contribution in [3.8, 4) is 11.3 Å². The number of fused-ring (bicyclic) bond motifs is 1. The van der Waals surface area contributed by atoms with Crippen molar-refractivity contribution in [2.24, 2.45) is 0 Å². The average Bonchev–Trinajstić information content (AvgIpc) is 3.51. The Morgan fingerprint density at radius 3 is 2.61 bits per heavy atom. The number of carboxylic acids is 1. The van der Waals surface area contributed by atoms with E-state index < -0.39 is 5.97 Å². The highest BCUT2D eigenvalue weighted by Gasteiger charge is 2.20. The lowest BCUT2D eigenvalue weighted by Crippen LogP contribution is -2.49. The molecule has 4 aromatic rings. The molecule has 5 rings (SSSR count). The van der Waals surface area contributed by atoms with Crippen LogP contribution in [-0.4, -0.2) is 72.8 Å². The number of aromatic nitrogens is 5. The third-order valence-electron chi connectivity index (χ3n) is 5.79. The van der Waals surface area contributed by atoms with E-state index in [2.05, 4.69) is 49.0 Å². The molecule has 10 nitrogen and oxygen atoms in total. The van der Waals surface area contributed by atoms with Crippen molar-refractivity contribution in [3.63, 3.8) is 0 Å². The van der Waals surface area contributed by atoms with E-state index in [1.807, 2.05) is 12.1 Å². The number of nitrogens with one attached hydrogen (secondary N) is 1. The van der Waals surface area contributed by atoms with Crippen LogP contribution in [0.5, 0.6) is 0 Å². The molecular weight excluding hydrogens is 440 g/mol. The van der Waals surface area contributed by atoms with E-state index in [0.717, 1.165) is 43.2 Å². The molecular formula is C22H24N8O2S. The molecule has 2 N–H and O–H groups in total. The van der Waals surface area contributed by atoms with Gasteiger partial charge >= 0.3 is 5.97 Å². The molecule has 0 atom stereocenters. The van der Waals surface area contributed by atoms with Crippen molar-refractivity contribution in [2.45, 2.75) is 19.9 Å². The number of piperazine rings is 1. The lowest BCUT2D eigenvalue weighted by molar-refractivity contribution is 0.0702. The van der Waals surface area contributed by atoms with Crippen LogP contribution in [0.25, 0.3) is 16.9 Å². The van der Waals surface area contributed by atoms with Crippen molar-refractivity contribution < 1.29 is 9.90 Å². The Labute approximate surface area is 194 Å². The third kappa shape index (κ3) is 4.24. The zero-order chi connectivity index (χ0) is 22.9. The van der Waals surface area contributed by atoms with Gasteiger partial charge in [0.1, 0.15) is 17.0 Å². The molecule has 1 aliphatic rings. The van der Waals surface area contributed by atoms with Gasteiger partial charge in [0.25, 0.3) is 0 Å². The first kappa shape index (κ1) is 21.3. The van der Waals surface area contributed by atoms with Gasteiger partial charge in [-0.15, -0.1) is 11.3 Å². The van der Waals surface area contributed by atoms with Crippen LogP contribution in [0.2, 0.25) is 0 Å². The van der Waals surface area contributed by atoms with Crippen molar-refractivity contribution in [2.75, 3.05) is 36.4 Å². The van der Waals surface area contributed by atoms with Crippen LogP contribution >= 0.6 is 11.3 Å². The van der Waals surface area contributed by atoms with Crippen LogP contribution in [0.4, 0.5) is 17.3 Å². The Hall–Kier alpha value is -3.57. The summed E-state index contributed by atoms with van der Waals surface area (Å²) in [5.74, 6) is 0.557. The Kier molecular flexibility index (Phi) is 5.65. The van der Waals surface area contributed by atoms with Crippen LogP contribution in [-0.2, 0) is 0 Å². The number of rotatable bonds is 6. The maximum absolute atomic E-state index is 11.2. The molecule has 4 aromatic heterocycles. The summed E-state index contributed by atoms with van der Waals surface area (Å²) in [6.07, 6.45) is 4.91. The van der Waals surface area contributed by atoms with E-state index in [4.69, 9.17) is 0 Å². The summed E-state index contributed by atoms with van der Waals surface area (Å²) in [5, 5.41) is 18.6. The van der Waals surface area contributed by atoms with Gasteiger partial charge in [-0.05, 0) is 32.0 Å². The number of aromatic carboxylic acids is 1. The smallest absolute Gasteiger partial charge is 0.345 e. The van der Waals surface area contributed by atoms with E-state index >= 15 is 0 Å². The Balaban J connectivity index is 1.33. The number of anilines is 3. The summed E-state index contributed by atoms with van der Waals surface area (Å²) < 4.78 is 1.65. The lowest BCUT2D eigenvalue weighted by Gasteiger charge is -2.37. The maximum Gasteiger partial charge on any atom is 0.345 e. The third-order valence-corrected chi connectivity index (χ3v) is 6.71. The predicted octanol–water partition coefficient (Wildman–Crippen LogP) is 3.22. The van der Waals surface area contributed by atoms with Gasteiger partial charge in [-0.25, -0.2) is 24.3 Å². The van der Waals surface area contributed by atoms with E-state index in [1.54, 1.807) is 28.4 Å². The van der Waals surface area contributed by atoms with Gasteiger partial charge in [0.2, 0.25) is 0 Å². The highest BCUT2D eigenvalue weighted by molar-refractivity contribution is 7.12. The number of nitrogens with zero attached hydrogens (tertiary/aromatic N) is 7. The number of hydrogen-bond acceptors (Lipinski definition) is 9. The molecule has 170 valence electrons. The fourth-order valence-electron chi connectivity index (χ4n) is 3.94. The summed E-state index contributed by atoms with van der Waals surface area (Å²) >= 11 is 1.17. The zero-order valence-electron chi connectivity index (χ0n) is 18.3. The zero-order valence-corrected chi connectivity index (χ0v) is 19.2. The second-order valence-electron chi connectivity index (χ2n) is 8.14. The number of pyridine rings is 1. The van der Waals surface area contributed by atoms with Gasteiger partial charge in [-0.1, -0.05) is 0 Å². The van der Waals surface area contributed by atoms with Crippen molar-refractivity contribution in [3.05, 3.63) is 47.2 Å².